The first-order chi connectivity index (χ1) is 13.2. The molecule has 2 heterocycles. The molecule has 1 saturated carbocycles. The molecule has 1 spiro atoms. The van der Waals surface area contributed by atoms with Crippen LogP contribution in [0.3, 0.4) is 0 Å². The molecule has 0 aromatic heterocycles. The van der Waals surface area contributed by atoms with Crippen LogP contribution in [0.5, 0.6) is 0 Å². The van der Waals surface area contributed by atoms with Gasteiger partial charge < -0.3 is 50.0 Å². The summed E-state index contributed by atoms with van der Waals surface area (Å²) in [6.07, 6.45) is -9.08. The van der Waals surface area contributed by atoms with Crippen LogP contribution in [0, 0.1) is 5.41 Å². The Morgan fingerprint density at radius 2 is 1.55 bits per heavy atom. The predicted molar refractivity (Wildman–Crippen MR) is 97.3 cm³/mol. The Kier molecular flexibility index (Phi) is 5.88. The van der Waals surface area contributed by atoms with Gasteiger partial charge in [-0.2, -0.15) is 0 Å². The molecule has 0 radical (unpaired) electrons. The first-order valence-electron chi connectivity index (χ1n) is 9.98. The van der Waals surface area contributed by atoms with Crippen LogP contribution >= 0.6 is 0 Å². The van der Waals surface area contributed by atoms with Gasteiger partial charge in [0.25, 0.3) is 0 Å². The first-order valence-corrected chi connectivity index (χ1v) is 9.98. The second-order valence-electron chi connectivity index (χ2n) is 9.63. The Balaban J connectivity index is 1.91. The molecule has 1 aliphatic carbocycles. The molecule has 10 heteroatoms. The van der Waals surface area contributed by atoms with Crippen molar-refractivity contribution < 1.29 is 50.0 Å². The minimum Gasteiger partial charge on any atom is -0.394 e. The van der Waals surface area contributed by atoms with Gasteiger partial charge >= 0.3 is 0 Å². The van der Waals surface area contributed by atoms with Crippen molar-refractivity contribution in [2.45, 2.75) is 107 Å². The lowest BCUT2D eigenvalue weighted by Gasteiger charge is -2.60. The highest BCUT2D eigenvalue weighted by Gasteiger charge is 2.70. The summed E-state index contributed by atoms with van der Waals surface area (Å²) < 4.78 is 17.3. The maximum atomic E-state index is 11.2. The predicted octanol–water partition coefficient (Wildman–Crippen LogP) is -2.03. The van der Waals surface area contributed by atoms with Crippen LogP contribution in [0.15, 0.2) is 0 Å². The van der Waals surface area contributed by atoms with E-state index in [1.54, 1.807) is 20.8 Å². The summed E-state index contributed by atoms with van der Waals surface area (Å²) in [5.41, 5.74) is -3.80. The molecule has 29 heavy (non-hydrogen) atoms. The van der Waals surface area contributed by atoms with E-state index in [2.05, 4.69) is 0 Å². The van der Waals surface area contributed by atoms with Crippen LogP contribution in [0.2, 0.25) is 0 Å². The van der Waals surface area contributed by atoms with Crippen LogP contribution in [0.25, 0.3) is 0 Å². The zero-order valence-electron chi connectivity index (χ0n) is 17.2. The minimum absolute atomic E-state index is 0.116. The molecule has 0 amide bonds. The van der Waals surface area contributed by atoms with Gasteiger partial charge in [0.05, 0.1) is 24.4 Å². The second kappa shape index (κ2) is 7.33. The average molecular weight is 422 g/mol. The SMILES string of the molecule is CC1(C)[C@@H](O[C@@H]2O[C@H](CO)[C@@H](O)[C@H](O)[C@H]2O)[C@H](O)C[C@@](C)(O)[C@@]12CC[C@@](C)(O)O2. The van der Waals surface area contributed by atoms with Crippen molar-refractivity contribution in [3.8, 4) is 0 Å². The summed E-state index contributed by atoms with van der Waals surface area (Å²) in [7, 11) is 0. The van der Waals surface area contributed by atoms with Gasteiger partial charge in [0.2, 0.25) is 0 Å². The van der Waals surface area contributed by atoms with Gasteiger partial charge in [0.1, 0.15) is 30.0 Å². The Hall–Kier alpha value is -0.400. The van der Waals surface area contributed by atoms with Crippen molar-refractivity contribution >= 4 is 0 Å². The minimum atomic E-state index is -1.62. The van der Waals surface area contributed by atoms with Gasteiger partial charge in [0.15, 0.2) is 12.1 Å². The fraction of sp³-hybridized carbons (Fsp3) is 1.00. The number of ether oxygens (including phenoxy) is 3. The van der Waals surface area contributed by atoms with Gasteiger partial charge in [-0.3, -0.25) is 0 Å². The lowest BCUT2D eigenvalue weighted by Crippen LogP contribution is -2.73. The normalized spacial score (nSPS) is 55.3. The largest absolute Gasteiger partial charge is 0.394 e. The smallest absolute Gasteiger partial charge is 0.187 e. The molecule has 0 aromatic carbocycles. The van der Waals surface area contributed by atoms with Crippen LogP contribution in [-0.2, 0) is 14.2 Å². The summed E-state index contributed by atoms with van der Waals surface area (Å²) in [5.74, 6) is -1.46. The third-order valence-corrected chi connectivity index (χ3v) is 7.04. The lowest BCUT2D eigenvalue weighted by atomic mass is 9.55. The lowest BCUT2D eigenvalue weighted by molar-refractivity contribution is -0.370. The molecule has 0 aromatic rings. The van der Waals surface area contributed by atoms with Gasteiger partial charge in [0, 0.05) is 18.3 Å². The molecule has 10 atom stereocenters. The Morgan fingerprint density at radius 3 is 2.07 bits per heavy atom. The van der Waals surface area contributed by atoms with E-state index >= 15 is 0 Å². The monoisotopic (exact) mass is 422 g/mol. The summed E-state index contributed by atoms with van der Waals surface area (Å²) in [6.45, 7) is 5.89. The highest BCUT2D eigenvalue weighted by molar-refractivity contribution is 5.18. The molecule has 3 rings (SSSR count). The number of rotatable bonds is 3. The number of aliphatic hydroxyl groups is 7. The van der Waals surface area contributed by atoms with Crippen LogP contribution in [-0.4, -0.2) is 102 Å². The molecule has 7 N–H and O–H groups in total. The molecule has 3 fully saturated rings. The Morgan fingerprint density at radius 1 is 0.931 bits per heavy atom. The molecule has 170 valence electrons. The second-order valence-corrected chi connectivity index (χ2v) is 9.63. The number of hydrogen-bond acceptors (Lipinski definition) is 10. The van der Waals surface area contributed by atoms with Gasteiger partial charge in [-0.1, -0.05) is 13.8 Å². The standard InChI is InChI=1S/C19H34O10/c1-16(2)14(28-15-13(24)12(23)11(22)10(8-20)27-15)9(21)7-17(3,25)19(16)6-5-18(4,26)29-19/h9-15,20-26H,5-8H2,1-4H3/t9-,10-,11-,12+,13-,14+,15+,17-,18+,19-/m1/s1. The van der Waals surface area contributed by atoms with E-state index in [-0.39, 0.29) is 12.8 Å². The molecule has 2 saturated heterocycles. The van der Waals surface area contributed by atoms with E-state index in [0.29, 0.717) is 6.42 Å². The number of aliphatic hydroxyl groups excluding tert-OH is 5. The van der Waals surface area contributed by atoms with Crippen molar-refractivity contribution in [3.05, 3.63) is 0 Å². The highest BCUT2D eigenvalue weighted by Crippen LogP contribution is 2.59. The van der Waals surface area contributed by atoms with E-state index in [1.165, 1.54) is 6.92 Å². The van der Waals surface area contributed by atoms with E-state index in [9.17, 15) is 35.7 Å². The molecule has 10 nitrogen and oxygen atoms in total. The van der Waals surface area contributed by atoms with Crippen LogP contribution in [0.4, 0.5) is 0 Å². The molecule has 3 aliphatic rings. The fourth-order valence-electron chi connectivity index (χ4n) is 5.39. The van der Waals surface area contributed by atoms with Crippen molar-refractivity contribution in [3.63, 3.8) is 0 Å². The topological polar surface area (TPSA) is 169 Å². The van der Waals surface area contributed by atoms with Crippen molar-refractivity contribution in [2.75, 3.05) is 6.61 Å². The summed E-state index contributed by atoms with van der Waals surface area (Å²) >= 11 is 0. The van der Waals surface area contributed by atoms with Crippen molar-refractivity contribution in [2.24, 2.45) is 5.41 Å². The van der Waals surface area contributed by atoms with Gasteiger partial charge in [-0.25, -0.2) is 0 Å². The zero-order valence-corrected chi connectivity index (χ0v) is 17.2. The molecular formula is C19H34O10. The van der Waals surface area contributed by atoms with Crippen molar-refractivity contribution in [1.82, 2.24) is 0 Å². The van der Waals surface area contributed by atoms with Crippen LogP contribution < -0.4 is 0 Å². The van der Waals surface area contributed by atoms with E-state index < -0.39 is 71.9 Å². The molecule has 2 aliphatic heterocycles. The summed E-state index contributed by atoms with van der Waals surface area (Å²) in [6, 6.07) is 0. The summed E-state index contributed by atoms with van der Waals surface area (Å²) in [5, 5.41) is 72.0. The first kappa shape index (κ1) is 23.3. The Labute approximate surface area is 169 Å². The van der Waals surface area contributed by atoms with Gasteiger partial charge in [-0.15, -0.1) is 0 Å². The van der Waals surface area contributed by atoms with Crippen LogP contribution in [0.1, 0.15) is 47.0 Å². The zero-order chi connectivity index (χ0) is 22.0. The van der Waals surface area contributed by atoms with E-state index in [4.69, 9.17) is 14.2 Å². The molecule has 0 unspecified atom stereocenters. The highest BCUT2D eigenvalue weighted by atomic mass is 16.7. The van der Waals surface area contributed by atoms with Crippen molar-refractivity contribution in [1.29, 1.82) is 0 Å². The Bertz CT molecular complexity index is 606. The van der Waals surface area contributed by atoms with E-state index in [0.717, 1.165) is 0 Å². The summed E-state index contributed by atoms with van der Waals surface area (Å²) in [4.78, 5) is 0. The quantitative estimate of drug-likeness (QED) is 0.269. The number of hydrogen-bond donors (Lipinski definition) is 7. The third-order valence-electron chi connectivity index (χ3n) is 7.04. The van der Waals surface area contributed by atoms with Gasteiger partial charge in [-0.05, 0) is 20.3 Å². The maximum Gasteiger partial charge on any atom is 0.187 e. The van der Waals surface area contributed by atoms with E-state index in [1.807, 2.05) is 0 Å². The maximum absolute atomic E-state index is 11.2. The molecular weight excluding hydrogens is 388 g/mol. The average Bonchev–Trinajstić information content (AvgIpc) is 2.95. The molecule has 0 bridgehead atoms. The fourth-order valence-corrected chi connectivity index (χ4v) is 5.39. The third kappa shape index (κ3) is 3.53.